The maximum Gasteiger partial charge on any atom is 0.100 e. The monoisotopic (exact) mass is 211 g/mol. The van der Waals surface area contributed by atoms with E-state index in [2.05, 4.69) is 5.32 Å². The molecule has 1 saturated heterocycles. The number of hydrogen-bond acceptors (Lipinski definition) is 4. The fraction of sp³-hybridized carbons (Fsp3) is 1.00. The van der Waals surface area contributed by atoms with Crippen LogP contribution in [0, 0.1) is 0 Å². The Kier molecular flexibility index (Phi) is 7.60. The minimum Gasteiger partial charge on any atom is -0.394 e. The standard InChI is InChI=1S/C8H17NO3.ClH/c10-5-7(11)6-12-8-1-3-9-4-2-8;/h7-11H,1-6H2;1H. The average Bonchev–Trinajstić information content (AvgIpc) is 2.16. The first kappa shape index (κ1) is 13.1. The molecule has 80 valence electrons. The van der Waals surface area contributed by atoms with Crippen LogP contribution in [-0.4, -0.2) is 48.7 Å². The van der Waals surface area contributed by atoms with Gasteiger partial charge in [0.05, 0.1) is 19.3 Å². The summed E-state index contributed by atoms with van der Waals surface area (Å²) in [6.45, 7) is 2.01. The minimum atomic E-state index is -0.722. The van der Waals surface area contributed by atoms with Gasteiger partial charge in [0.15, 0.2) is 0 Å². The Bertz CT molecular complexity index is 120. The molecule has 4 nitrogen and oxygen atoms in total. The molecule has 1 fully saturated rings. The van der Waals surface area contributed by atoms with Crippen LogP contribution in [0.5, 0.6) is 0 Å². The molecule has 3 N–H and O–H groups in total. The highest BCUT2D eigenvalue weighted by atomic mass is 35.5. The first-order valence-corrected chi connectivity index (χ1v) is 4.44. The van der Waals surface area contributed by atoms with Crippen molar-refractivity contribution in [3.8, 4) is 0 Å². The Balaban J connectivity index is 0.00000144. The van der Waals surface area contributed by atoms with Crippen LogP contribution < -0.4 is 5.32 Å². The number of halogens is 1. The summed E-state index contributed by atoms with van der Waals surface area (Å²) in [5.74, 6) is 0. The Morgan fingerprint density at radius 2 is 2.00 bits per heavy atom. The highest BCUT2D eigenvalue weighted by Crippen LogP contribution is 2.07. The van der Waals surface area contributed by atoms with Crippen LogP contribution in [0.2, 0.25) is 0 Å². The van der Waals surface area contributed by atoms with Gasteiger partial charge >= 0.3 is 0 Å². The Hall–Kier alpha value is 0.130. The van der Waals surface area contributed by atoms with E-state index in [-0.39, 0.29) is 31.7 Å². The highest BCUT2D eigenvalue weighted by molar-refractivity contribution is 5.85. The summed E-state index contributed by atoms with van der Waals surface area (Å²) in [4.78, 5) is 0. The van der Waals surface area contributed by atoms with Crippen molar-refractivity contribution in [2.75, 3.05) is 26.3 Å². The number of hydrogen-bond donors (Lipinski definition) is 3. The van der Waals surface area contributed by atoms with E-state index in [1.165, 1.54) is 0 Å². The van der Waals surface area contributed by atoms with Crippen LogP contribution in [0.25, 0.3) is 0 Å². The molecule has 1 rings (SSSR count). The number of aliphatic hydroxyl groups excluding tert-OH is 2. The lowest BCUT2D eigenvalue weighted by atomic mass is 10.1. The first-order chi connectivity index (χ1) is 5.83. The van der Waals surface area contributed by atoms with E-state index in [9.17, 15) is 0 Å². The highest BCUT2D eigenvalue weighted by Gasteiger charge is 2.14. The predicted molar refractivity (Wildman–Crippen MR) is 52.2 cm³/mol. The molecule has 1 heterocycles. The van der Waals surface area contributed by atoms with Crippen LogP contribution in [0.4, 0.5) is 0 Å². The molecule has 1 aliphatic heterocycles. The molecule has 0 saturated carbocycles. The van der Waals surface area contributed by atoms with Crippen LogP contribution in [0.1, 0.15) is 12.8 Å². The van der Waals surface area contributed by atoms with E-state index in [0.29, 0.717) is 0 Å². The van der Waals surface area contributed by atoms with Crippen molar-refractivity contribution in [3.05, 3.63) is 0 Å². The van der Waals surface area contributed by atoms with Gasteiger partial charge in [-0.05, 0) is 25.9 Å². The van der Waals surface area contributed by atoms with Gasteiger partial charge in [-0.2, -0.15) is 0 Å². The number of nitrogens with one attached hydrogen (secondary N) is 1. The van der Waals surface area contributed by atoms with E-state index >= 15 is 0 Å². The molecule has 0 spiro atoms. The predicted octanol–water partition coefficient (Wildman–Crippen LogP) is -0.470. The lowest BCUT2D eigenvalue weighted by Gasteiger charge is -2.23. The zero-order chi connectivity index (χ0) is 8.81. The molecule has 1 unspecified atom stereocenters. The largest absolute Gasteiger partial charge is 0.394 e. The van der Waals surface area contributed by atoms with Gasteiger partial charge in [0.2, 0.25) is 0 Å². The summed E-state index contributed by atoms with van der Waals surface area (Å²) in [6.07, 6.45) is 1.53. The Morgan fingerprint density at radius 3 is 2.54 bits per heavy atom. The zero-order valence-corrected chi connectivity index (χ0v) is 8.42. The topological polar surface area (TPSA) is 61.7 Å². The van der Waals surface area contributed by atoms with E-state index in [1.807, 2.05) is 0 Å². The maximum absolute atomic E-state index is 9.00. The molecule has 1 aliphatic rings. The second kappa shape index (κ2) is 7.53. The second-order valence-electron chi connectivity index (χ2n) is 3.12. The molecular weight excluding hydrogens is 194 g/mol. The number of piperidine rings is 1. The average molecular weight is 212 g/mol. The van der Waals surface area contributed by atoms with Gasteiger partial charge in [-0.3, -0.25) is 0 Å². The fourth-order valence-corrected chi connectivity index (χ4v) is 1.26. The number of ether oxygens (including phenoxy) is 1. The molecule has 0 bridgehead atoms. The zero-order valence-electron chi connectivity index (χ0n) is 7.61. The van der Waals surface area contributed by atoms with E-state index < -0.39 is 6.10 Å². The first-order valence-electron chi connectivity index (χ1n) is 4.44. The SMILES string of the molecule is Cl.OCC(O)COC1CCNCC1. The van der Waals surface area contributed by atoms with Gasteiger partial charge in [-0.15, -0.1) is 12.4 Å². The summed E-state index contributed by atoms with van der Waals surface area (Å²) < 4.78 is 5.39. The quantitative estimate of drug-likeness (QED) is 0.589. The van der Waals surface area contributed by atoms with Crippen molar-refractivity contribution >= 4 is 12.4 Å². The minimum absolute atomic E-state index is 0. The molecule has 1 atom stereocenters. The van der Waals surface area contributed by atoms with Gasteiger partial charge in [-0.25, -0.2) is 0 Å². The van der Waals surface area contributed by atoms with Gasteiger partial charge < -0.3 is 20.3 Å². The smallest absolute Gasteiger partial charge is 0.100 e. The van der Waals surface area contributed by atoms with E-state index in [1.54, 1.807) is 0 Å². The third kappa shape index (κ3) is 5.44. The van der Waals surface area contributed by atoms with Gasteiger partial charge in [0.25, 0.3) is 0 Å². The lowest BCUT2D eigenvalue weighted by Crippen LogP contribution is -2.34. The Morgan fingerprint density at radius 1 is 1.38 bits per heavy atom. The van der Waals surface area contributed by atoms with Crippen LogP contribution in [0.3, 0.4) is 0 Å². The summed E-state index contributed by atoms with van der Waals surface area (Å²) in [6, 6.07) is 0. The lowest BCUT2D eigenvalue weighted by molar-refractivity contribution is -0.0373. The fourth-order valence-electron chi connectivity index (χ4n) is 1.26. The van der Waals surface area contributed by atoms with E-state index in [0.717, 1.165) is 25.9 Å². The summed E-state index contributed by atoms with van der Waals surface area (Å²) >= 11 is 0. The van der Waals surface area contributed by atoms with Crippen LogP contribution in [-0.2, 0) is 4.74 Å². The molecule has 13 heavy (non-hydrogen) atoms. The van der Waals surface area contributed by atoms with Crippen molar-refractivity contribution in [2.45, 2.75) is 25.0 Å². The molecular formula is C8H18ClNO3. The molecule has 0 aromatic rings. The van der Waals surface area contributed by atoms with E-state index in [4.69, 9.17) is 14.9 Å². The number of aliphatic hydroxyl groups is 2. The summed E-state index contributed by atoms with van der Waals surface area (Å²) in [5, 5.41) is 20.7. The molecule has 0 aliphatic carbocycles. The van der Waals surface area contributed by atoms with Crippen LogP contribution >= 0.6 is 12.4 Å². The molecule has 0 radical (unpaired) electrons. The van der Waals surface area contributed by atoms with Crippen molar-refractivity contribution in [2.24, 2.45) is 0 Å². The van der Waals surface area contributed by atoms with Crippen molar-refractivity contribution in [1.82, 2.24) is 5.32 Å². The van der Waals surface area contributed by atoms with Crippen LogP contribution in [0.15, 0.2) is 0 Å². The molecule has 0 amide bonds. The third-order valence-electron chi connectivity index (χ3n) is 2.02. The third-order valence-corrected chi connectivity index (χ3v) is 2.02. The maximum atomic E-state index is 9.00. The van der Waals surface area contributed by atoms with Gasteiger partial charge in [-0.1, -0.05) is 0 Å². The second-order valence-corrected chi connectivity index (χ2v) is 3.12. The molecule has 5 heteroatoms. The van der Waals surface area contributed by atoms with Crippen molar-refractivity contribution in [3.63, 3.8) is 0 Å². The summed E-state index contributed by atoms with van der Waals surface area (Å²) in [7, 11) is 0. The molecule has 0 aromatic carbocycles. The summed E-state index contributed by atoms with van der Waals surface area (Å²) in [5.41, 5.74) is 0. The Labute approximate surface area is 84.7 Å². The van der Waals surface area contributed by atoms with Crippen molar-refractivity contribution < 1.29 is 14.9 Å². The van der Waals surface area contributed by atoms with Gasteiger partial charge in [0, 0.05) is 0 Å². The normalized spacial score (nSPS) is 20.8. The molecule has 0 aromatic heterocycles. The number of rotatable bonds is 4. The van der Waals surface area contributed by atoms with Crippen molar-refractivity contribution in [1.29, 1.82) is 0 Å². The van der Waals surface area contributed by atoms with Gasteiger partial charge in [0.1, 0.15) is 6.10 Å².